The summed E-state index contributed by atoms with van der Waals surface area (Å²) >= 11 is 3.74. The maximum Gasteiger partial charge on any atom is 0.0394 e. The average molecular weight is 338 g/mol. The third-order valence-corrected chi connectivity index (χ3v) is 5.11. The summed E-state index contributed by atoms with van der Waals surface area (Å²) in [6.45, 7) is 2.11. The molecule has 0 saturated carbocycles. The molecule has 0 fully saturated rings. The van der Waals surface area contributed by atoms with Gasteiger partial charge in [-0.15, -0.1) is 0 Å². The van der Waals surface area contributed by atoms with Crippen LogP contribution in [0.5, 0.6) is 0 Å². The summed E-state index contributed by atoms with van der Waals surface area (Å²) in [5.41, 5.74) is 13.6. The van der Waals surface area contributed by atoms with Crippen molar-refractivity contribution in [2.75, 3.05) is 5.73 Å². The summed E-state index contributed by atoms with van der Waals surface area (Å²) < 4.78 is 1.15. The molecule has 1 aliphatic rings. The van der Waals surface area contributed by atoms with E-state index in [0.717, 1.165) is 28.6 Å². The largest absolute Gasteiger partial charge is 0.398 e. The lowest BCUT2D eigenvalue weighted by molar-refractivity contribution is 1.02. The standard InChI is InChI=1S/C19H16BrN/c1-11-2-9-17(21)15(10-11)14-7-5-12-3-4-13-6-8-16(20)19(14)18(12)13/h2,5-10H,3-4,21H2,1H3. The van der Waals surface area contributed by atoms with E-state index in [1.165, 1.54) is 33.0 Å². The monoisotopic (exact) mass is 337 g/mol. The van der Waals surface area contributed by atoms with E-state index in [1.54, 1.807) is 0 Å². The minimum Gasteiger partial charge on any atom is -0.398 e. The minimum absolute atomic E-state index is 0.839. The lowest BCUT2D eigenvalue weighted by atomic mass is 9.93. The predicted molar refractivity (Wildman–Crippen MR) is 93.6 cm³/mol. The van der Waals surface area contributed by atoms with Gasteiger partial charge in [0, 0.05) is 21.1 Å². The van der Waals surface area contributed by atoms with Crippen LogP contribution in [0.1, 0.15) is 16.7 Å². The van der Waals surface area contributed by atoms with Crippen LogP contribution in [0.25, 0.3) is 21.9 Å². The van der Waals surface area contributed by atoms with Crippen molar-refractivity contribution in [1.82, 2.24) is 0 Å². The Labute approximate surface area is 132 Å². The zero-order chi connectivity index (χ0) is 14.6. The van der Waals surface area contributed by atoms with Crippen LogP contribution in [-0.2, 0) is 12.8 Å². The van der Waals surface area contributed by atoms with E-state index in [2.05, 4.69) is 59.3 Å². The molecule has 0 amide bonds. The molecule has 1 aliphatic carbocycles. The highest BCUT2D eigenvalue weighted by Crippen LogP contribution is 2.42. The molecular formula is C19H16BrN. The number of halogens is 1. The van der Waals surface area contributed by atoms with Crippen LogP contribution in [0.15, 0.2) is 46.9 Å². The molecule has 0 aliphatic heterocycles. The lowest BCUT2D eigenvalue weighted by Crippen LogP contribution is -1.93. The molecule has 0 heterocycles. The van der Waals surface area contributed by atoms with E-state index in [9.17, 15) is 0 Å². The van der Waals surface area contributed by atoms with E-state index < -0.39 is 0 Å². The number of anilines is 1. The SMILES string of the molecule is Cc1ccc(N)c(-c2ccc3c4c(ccc(Br)c24)CC3)c1. The Morgan fingerprint density at radius 3 is 2.33 bits per heavy atom. The van der Waals surface area contributed by atoms with Crippen LogP contribution in [-0.4, -0.2) is 0 Å². The average Bonchev–Trinajstić information content (AvgIpc) is 2.90. The van der Waals surface area contributed by atoms with Gasteiger partial charge in [0.15, 0.2) is 0 Å². The number of nitrogens with two attached hydrogens (primary N) is 1. The fraction of sp³-hybridized carbons (Fsp3) is 0.158. The number of nitrogen functional groups attached to an aromatic ring is 1. The predicted octanol–water partition coefficient (Wildman–Crippen LogP) is 5.26. The highest BCUT2D eigenvalue weighted by molar-refractivity contribution is 9.10. The normalized spacial score (nSPS) is 13.0. The molecule has 0 atom stereocenters. The third kappa shape index (κ3) is 1.90. The van der Waals surface area contributed by atoms with Crippen LogP contribution in [0, 0.1) is 6.92 Å². The molecule has 3 aromatic rings. The summed E-state index contributed by atoms with van der Waals surface area (Å²) in [4.78, 5) is 0. The molecule has 2 N–H and O–H groups in total. The van der Waals surface area contributed by atoms with Gasteiger partial charge in [0.1, 0.15) is 0 Å². The van der Waals surface area contributed by atoms with Gasteiger partial charge >= 0.3 is 0 Å². The first-order chi connectivity index (χ1) is 10.1. The number of hydrogen-bond donors (Lipinski definition) is 1. The summed E-state index contributed by atoms with van der Waals surface area (Å²) in [6.07, 6.45) is 2.29. The second-order valence-corrected chi connectivity index (χ2v) is 6.67. The first-order valence-corrected chi connectivity index (χ1v) is 8.04. The maximum atomic E-state index is 6.24. The van der Waals surface area contributed by atoms with E-state index in [0.29, 0.717) is 0 Å². The van der Waals surface area contributed by atoms with Crippen LogP contribution in [0.4, 0.5) is 5.69 Å². The molecule has 4 rings (SSSR count). The van der Waals surface area contributed by atoms with Gasteiger partial charge in [-0.1, -0.05) is 45.8 Å². The van der Waals surface area contributed by atoms with Gasteiger partial charge in [-0.05, 0) is 60.0 Å². The highest BCUT2D eigenvalue weighted by atomic mass is 79.9. The quantitative estimate of drug-likeness (QED) is 0.602. The van der Waals surface area contributed by atoms with Gasteiger partial charge in [-0.25, -0.2) is 0 Å². The number of aryl methyl sites for hydroxylation is 3. The molecule has 21 heavy (non-hydrogen) atoms. The molecule has 3 aromatic carbocycles. The molecule has 0 spiro atoms. The number of hydrogen-bond acceptors (Lipinski definition) is 1. The Morgan fingerprint density at radius 1 is 0.857 bits per heavy atom. The van der Waals surface area contributed by atoms with Crippen molar-refractivity contribution in [3.05, 3.63) is 63.6 Å². The van der Waals surface area contributed by atoms with Crippen LogP contribution in [0.3, 0.4) is 0 Å². The number of benzene rings is 3. The molecule has 2 heteroatoms. The molecular weight excluding hydrogens is 322 g/mol. The smallest absolute Gasteiger partial charge is 0.0394 e. The van der Waals surface area contributed by atoms with E-state index in [1.807, 2.05) is 6.07 Å². The van der Waals surface area contributed by atoms with Crippen LogP contribution >= 0.6 is 15.9 Å². The van der Waals surface area contributed by atoms with Crippen molar-refractivity contribution < 1.29 is 0 Å². The maximum absolute atomic E-state index is 6.24. The van der Waals surface area contributed by atoms with Gasteiger partial charge in [0.25, 0.3) is 0 Å². The summed E-state index contributed by atoms with van der Waals surface area (Å²) in [6, 6.07) is 15.1. The molecule has 0 radical (unpaired) electrons. The topological polar surface area (TPSA) is 26.0 Å². The van der Waals surface area contributed by atoms with Gasteiger partial charge in [0.05, 0.1) is 0 Å². The summed E-state index contributed by atoms with van der Waals surface area (Å²) in [5.74, 6) is 0. The van der Waals surface area contributed by atoms with Crippen LogP contribution < -0.4 is 5.73 Å². The zero-order valence-electron chi connectivity index (χ0n) is 11.9. The van der Waals surface area contributed by atoms with Gasteiger partial charge in [-0.2, -0.15) is 0 Å². The third-order valence-electron chi connectivity index (χ3n) is 4.45. The lowest BCUT2D eigenvalue weighted by Gasteiger charge is -2.13. The molecule has 0 unspecified atom stereocenters. The molecule has 0 bridgehead atoms. The second kappa shape index (κ2) is 4.60. The van der Waals surface area contributed by atoms with E-state index in [-0.39, 0.29) is 0 Å². The summed E-state index contributed by atoms with van der Waals surface area (Å²) in [5, 5.41) is 2.72. The van der Waals surface area contributed by atoms with Crippen molar-refractivity contribution in [3.8, 4) is 11.1 Å². The van der Waals surface area contributed by atoms with Crippen molar-refractivity contribution >= 4 is 32.4 Å². The van der Waals surface area contributed by atoms with Gasteiger partial charge in [-0.3, -0.25) is 0 Å². The van der Waals surface area contributed by atoms with Crippen LogP contribution in [0.2, 0.25) is 0 Å². The summed E-state index contributed by atoms with van der Waals surface area (Å²) in [7, 11) is 0. The Bertz CT molecular complexity index is 870. The fourth-order valence-electron chi connectivity index (χ4n) is 3.41. The first kappa shape index (κ1) is 12.9. The molecule has 104 valence electrons. The number of rotatable bonds is 1. The molecule has 0 aromatic heterocycles. The van der Waals surface area contributed by atoms with E-state index in [4.69, 9.17) is 5.73 Å². The van der Waals surface area contributed by atoms with Gasteiger partial charge < -0.3 is 5.73 Å². The van der Waals surface area contributed by atoms with Gasteiger partial charge in [0.2, 0.25) is 0 Å². The Hall–Kier alpha value is -1.80. The fourth-order valence-corrected chi connectivity index (χ4v) is 3.96. The Balaban J connectivity index is 2.14. The highest BCUT2D eigenvalue weighted by Gasteiger charge is 2.19. The second-order valence-electron chi connectivity index (χ2n) is 5.82. The Morgan fingerprint density at radius 2 is 1.57 bits per heavy atom. The van der Waals surface area contributed by atoms with Crippen molar-refractivity contribution in [2.24, 2.45) is 0 Å². The van der Waals surface area contributed by atoms with Crippen molar-refractivity contribution in [2.45, 2.75) is 19.8 Å². The molecule has 0 saturated heterocycles. The minimum atomic E-state index is 0.839. The van der Waals surface area contributed by atoms with Crippen molar-refractivity contribution in [1.29, 1.82) is 0 Å². The molecule has 1 nitrogen and oxygen atoms in total. The first-order valence-electron chi connectivity index (χ1n) is 7.24. The van der Waals surface area contributed by atoms with E-state index >= 15 is 0 Å². The Kier molecular flexibility index (Phi) is 2.83. The van der Waals surface area contributed by atoms with Crippen molar-refractivity contribution in [3.63, 3.8) is 0 Å². The zero-order valence-corrected chi connectivity index (χ0v) is 13.5.